The van der Waals surface area contributed by atoms with Crippen LogP contribution in [0, 0.1) is 6.92 Å². The molecule has 2 aromatic heterocycles. The number of aromatic nitrogens is 4. The zero-order valence-corrected chi connectivity index (χ0v) is 16.8. The molecule has 1 amide bonds. The highest BCUT2D eigenvalue weighted by Crippen LogP contribution is 2.19. The van der Waals surface area contributed by atoms with Gasteiger partial charge in [0, 0.05) is 18.7 Å². The number of hydrogen-bond donors (Lipinski definition) is 1. The molecule has 0 aliphatic rings. The summed E-state index contributed by atoms with van der Waals surface area (Å²) >= 11 is 0. The highest BCUT2D eigenvalue weighted by atomic mass is 16.5. The molecule has 0 aliphatic heterocycles. The first-order valence-electron chi connectivity index (χ1n) is 9.10. The van der Waals surface area contributed by atoms with Crippen LogP contribution in [-0.4, -0.2) is 32.3 Å². The molecule has 148 valence electrons. The van der Waals surface area contributed by atoms with Crippen molar-refractivity contribution >= 4 is 22.6 Å². The molecule has 1 N–H and O–H groups in total. The SMILES string of the molecule is COc1ccc(NC(=O)CCn2c(C)nc3c(cnn3C(C)(C)C)c2=O)cc1. The van der Waals surface area contributed by atoms with Gasteiger partial charge in [-0.2, -0.15) is 5.10 Å². The van der Waals surface area contributed by atoms with Crippen molar-refractivity contribution in [2.45, 2.75) is 46.2 Å². The van der Waals surface area contributed by atoms with Gasteiger partial charge in [-0.05, 0) is 52.0 Å². The average molecular weight is 383 g/mol. The molecule has 0 unspecified atom stereocenters. The molecule has 8 heteroatoms. The maximum absolute atomic E-state index is 12.9. The summed E-state index contributed by atoms with van der Waals surface area (Å²) in [5, 5.41) is 7.60. The lowest BCUT2D eigenvalue weighted by Crippen LogP contribution is -2.28. The highest BCUT2D eigenvalue weighted by Gasteiger charge is 2.21. The third kappa shape index (κ3) is 3.90. The maximum Gasteiger partial charge on any atom is 0.264 e. The Labute approximate surface area is 163 Å². The number of hydrogen-bond acceptors (Lipinski definition) is 5. The second kappa shape index (κ2) is 7.46. The van der Waals surface area contributed by atoms with Gasteiger partial charge in [0.2, 0.25) is 5.91 Å². The van der Waals surface area contributed by atoms with E-state index in [1.807, 2.05) is 20.8 Å². The molecule has 0 bridgehead atoms. The molecule has 3 aromatic rings. The molecular weight excluding hydrogens is 358 g/mol. The van der Waals surface area contributed by atoms with E-state index in [-0.39, 0.29) is 30.0 Å². The minimum atomic E-state index is -0.280. The summed E-state index contributed by atoms with van der Waals surface area (Å²) < 4.78 is 8.37. The van der Waals surface area contributed by atoms with Gasteiger partial charge in [-0.25, -0.2) is 9.67 Å². The molecule has 0 fully saturated rings. The van der Waals surface area contributed by atoms with Crippen LogP contribution in [0.3, 0.4) is 0 Å². The van der Waals surface area contributed by atoms with Gasteiger partial charge in [0.15, 0.2) is 5.65 Å². The van der Waals surface area contributed by atoms with Crippen molar-refractivity contribution in [3.8, 4) is 5.75 Å². The number of nitrogens with zero attached hydrogens (tertiary/aromatic N) is 4. The van der Waals surface area contributed by atoms with E-state index in [4.69, 9.17) is 4.74 Å². The lowest BCUT2D eigenvalue weighted by atomic mass is 10.1. The van der Waals surface area contributed by atoms with Gasteiger partial charge in [-0.1, -0.05) is 0 Å². The Morgan fingerprint density at radius 3 is 2.50 bits per heavy atom. The lowest BCUT2D eigenvalue weighted by molar-refractivity contribution is -0.116. The largest absolute Gasteiger partial charge is 0.497 e. The maximum atomic E-state index is 12.9. The van der Waals surface area contributed by atoms with Crippen molar-refractivity contribution in [3.63, 3.8) is 0 Å². The quantitative estimate of drug-likeness (QED) is 0.731. The zero-order valence-electron chi connectivity index (χ0n) is 16.8. The molecule has 0 spiro atoms. The van der Waals surface area contributed by atoms with Gasteiger partial charge in [0.25, 0.3) is 5.56 Å². The monoisotopic (exact) mass is 383 g/mol. The van der Waals surface area contributed by atoms with Gasteiger partial charge in [-0.3, -0.25) is 14.2 Å². The fourth-order valence-corrected chi connectivity index (χ4v) is 2.97. The van der Waals surface area contributed by atoms with Gasteiger partial charge >= 0.3 is 0 Å². The Bertz CT molecular complexity index is 1060. The van der Waals surface area contributed by atoms with E-state index in [0.29, 0.717) is 22.5 Å². The standard InChI is InChI=1S/C20H25N5O3/c1-13-22-18-16(12-21-25(18)20(2,3)4)19(27)24(13)11-10-17(26)23-14-6-8-15(28-5)9-7-14/h6-9,12H,10-11H2,1-5H3,(H,23,26). The summed E-state index contributed by atoms with van der Waals surface area (Å²) in [6, 6.07) is 7.08. The van der Waals surface area contributed by atoms with Crippen LogP contribution in [0.4, 0.5) is 5.69 Å². The Hall–Kier alpha value is -3.16. The lowest BCUT2D eigenvalue weighted by Gasteiger charge is -2.20. The predicted octanol–water partition coefficient (Wildman–Crippen LogP) is 2.69. The molecule has 0 aliphatic carbocycles. The van der Waals surface area contributed by atoms with E-state index in [0.717, 1.165) is 5.75 Å². The third-order valence-corrected chi connectivity index (χ3v) is 4.45. The van der Waals surface area contributed by atoms with Gasteiger partial charge in [0.05, 0.1) is 18.8 Å². The minimum absolute atomic E-state index is 0.160. The van der Waals surface area contributed by atoms with Gasteiger partial charge in [-0.15, -0.1) is 0 Å². The molecule has 3 rings (SSSR count). The van der Waals surface area contributed by atoms with E-state index >= 15 is 0 Å². The summed E-state index contributed by atoms with van der Waals surface area (Å²) in [7, 11) is 1.59. The first-order chi connectivity index (χ1) is 13.2. The number of amides is 1. The summed E-state index contributed by atoms with van der Waals surface area (Å²) in [5.74, 6) is 1.10. The van der Waals surface area contributed by atoms with Crippen molar-refractivity contribution in [2.24, 2.45) is 0 Å². The summed E-state index contributed by atoms with van der Waals surface area (Å²) in [4.78, 5) is 29.7. The minimum Gasteiger partial charge on any atom is -0.497 e. The molecule has 28 heavy (non-hydrogen) atoms. The average Bonchev–Trinajstić information content (AvgIpc) is 3.06. The van der Waals surface area contributed by atoms with Crippen molar-refractivity contribution in [1.29, 1.82) is 0 Å². The number of fused-ring (bicyclic) bond motifs is 1. The van der Waals surface area contributed by atoms with E-state index in [2.05, 4.69) is 15.4 Å². The van der Waals surface area contributed by atoms with Crippen LogP contribution in [0.5, 0.6) is 5.75 Å². The number of methoxy groups -OCH3 is 1. The van der Waals surface area contributed by atoms with Crippen LogP contribution in [0.15, 0.2) is 35.3 Å². The number of ether oxygens (including phenoxy) is 1. The number of anilines is 1. The predicted molar refractivity (Wildman–Crippen MR) is 108 cm³/mol. The summed E-state index contributed by atoms with van der Waals surface area (Å²) in [5.41, 5.74) is 0.775. The number of aryl methyl sites for hydroxylation is 1. The number of nitrogens with one attached hydrogen (secondary N) is 1. The van der Waals surface area contributed by atoms with E-state index < -0.39 is 0 Å². The second-order valence-electron chi connectivity index (χ2n) is 7.61. The summed E-state index contributed by atoms with van der Waals surface area (Å²) in [6.07, 6.45) is 1.71. The Balaban J connectivity index is 1.77. The van der Waals surface area contributed by atoms with Crippen LogP contribution in [-0.2, 0) is 16.9 Å². The fraction of sp³-hybridized carbons (Fsp3) is 0.400. The van der Waals surface area contributed by atoms with E-state index in [1.54, 1.807) is 49.2 Å². The van der Waals surface area contributed by atoms with Crippen LogP contribution < -0.4 is 15.6 Å². The molecule has 0 atom stereocenters. The molecule has 1 aromatic carbocycles. The normalized spacial score (nSPS) is 11.6. The van der Waals surface area contributed by atoms with Crippen molar-refractivity contribution in [2.75, 3.05) is 12.4 Å². The third-order valence-electron chi connectivity index (χ3n) is 4.45. The number of carbonyl (C=O) groups excluding carboxylic acids is 1. The highest BCUT2D eigenvalue weighted by molar-refractivity contribution is 5.90. The first kappa shape index (κ1) is 19.6. The molecule has 8 nitrogen and oxygen atoms in total. The summed E-state index contributed by atoms with van der Waals surface area (Å²) in [6.45, 7) is 8.03. The number of carbonyl (C=O) groups is 1. The van der Waals surface area contributed by atoms with Crippen LogP contribution >= 0.6 is 0 Å². The van der Waals surface area contributed by atoms with Gasteiger partial charge < -0.3 is 10.1 Å². The van der Waals surface area contributed by atoms with Crippen molar-refractivity contribution in [1.82, 2.24) is 19.3 Å². The van der Waals surface area contributed by atoms with Crippen LogP contribution in [0.2, 0.25) is 0 Å². The Morgan fingerprint density at radius 2 is 1.89 bits per heavy atom. The Morgan fingerprint density at radius 1 is 1.21 bits per heavy atom. The zero-order chi connectivity index (χ0) is 20.5. The van der Waals surface area contributed by atoms with Crippen LogP contribution in [0.25, 0.3) is 11.0 Å². The van der Waals surface area contributed by atoms with Gasteiger partial charge in [0.1, 0.15) is 17.0 Å². The number of rotatable bonds is 5. The second-order valence-corrected chi connectivity index (χ2v) is 7.61. The molecule has 0 saturated heterocycles. The number of benzene rings is 1. The van der Waals surface area contributed by atoms with Crippen molar-refractivity contribution < 1.29 is 9.53 Å². The molecule has 0 radical (unpaired) electrons. The molecule has 2 heterocycles. The van der Waals surface area contributed by atoms with Crippen molar-refractivity contribution in [3.05, 3.63) is 46.6 Å². The van der Waals surface area contributed by atoms with E-state index in [9.17, 15) is 9.59 Å². The first-order valence-corrected chi connectivity index (χ1v) is 9.10. The molecule has 0 saturated carbocycles. The Kier molecular flexibility index (Phi) is 5.22. The molecular formula is C20H25N5O3. The van der Waals surface area contributed by atoms with Crippen LogP contribution in [0.1, 0.15) is 33.0 Å². The fourth-order valence-electron chi connectivity index (χ4n) is 2.97. The van der Waals surface area contributed by atoms with E-state index in [1.165, 1.54) is 4.57 Å². The smallest absolute Gasteiger partial charge is 0.264 e. The topological polar surface area (TPSA) is 91.0 Å².